The Balaban J connectivity index is 1.73. The molecule has 1 aromatic heterocycles. The number of hydrogen-bond acceptors (Lipinski definition) is 3. The van der Waals surface area contributed by atoms with Gasteiger partial charge in [0.1, 0.15) is 0 Å². The second-order valence-corrected chi connectivity index (χ2v) is 5.30. The van der Waals surface area contributed by atoms with Crippen LogP contribution in [0.4, 0.5) is 5.69 Å². The van der Waals surface area contributed by atoms with Gasteiger partial charge in [-0.1, -0.05) is 12.1 Å². The summed E-state index contributed by atoms with van der Waals surface area (Å²) in [5.74, 6) is 0. The van der Waals surface area contributed by atoms with Crippen LogP contribution in [-0.4, -0.2) is 41.3 Å². The monoisotopic (exact) mass is 256 g/mol. The van der Waals surface area contributed by atoms with E-state index < -0.39 is 0 Å². The van der Waals surface area contributed by atoms with Crippen molar-refractivity contribution < 1.29 is 0 Å². The zero-order valence-electron chi connectivity index (χ0n) is 11.3. The van der Waals surface area contributed by atoms with E-state index in [1.807, 2.05) is 6.07 Å². The minimum absolute atomic E-state index is 0.552. The van der Waals surface area contributed by atoms with E-state index in [-0.39, 0.29) is 0 Å². The van der Waals surface area contributed by atoms with Gasteiger partial charge in [-0.2, -0.15) is 5.10 Å². The van der Waals surface area contributed by atoms with E-state index >= 15 is 0 Å². The van der Waals surface area contributed by atoms with Crippen LogP contribution in [0.1, 0.15) is 12.8 Å². The highest BCUT2D eigenvalue weighted by Crippen LogP contribution is 2.22. The van der Waals surface area contributed by atoms with E-state index in [0.717, 1.165) is 12.2 Å². The predicted octanol–water partition coefficient (Wildman–Crippen LogP) is 2.58. The third-order valence-electron chi connectivity index (χ3n) is 3.67. The van der Waals surface area contributed by atoms with Crippen molar-refractivity contribution in [1.82, 2.24) is 15.1 Å². The maximum absolute atomic E-state index is 4.00. The average molecular weight is 256 g/mol. The molecule has 1 fully saturated rings. The van der Waals surface area contributed by atoms with Gasteiger partial charge in [-0.25, -0.2) is 0 Å². The number of hydrogen-bond donors (Lipinski definition) is 2. The number of nitrogens with zero attached hydrogens (tertiary/aromatic N) is 2. The molecule has 2 N–H and O–H groups in total. The van der Waals surface area contributed by atoms with Gasteiger partial charge in [0.15, 0.2) is 0 Å². The molecule has 1 unspecified atom stereocenters. The Morgan fingerprint density at radius 1 is 1.37 bits per heavy atom. The Labute approximate surface area is 113 Å². The third-order valence-corrected chi connectivity index (χ3v) is 3.67. The van der Waals surface area contributed by atoms with Crippen molar-refractivity contribution in [3.05, 3.63) is 36.5 Å². The van der Waals surface area contributed by atoms with Gasteiger partial charge in [0, 0.05) is 30.0 Å². The lowest BCUT2D eigenvalue weighted by molar-refractivity contribution is 0.261. The average Bonchev–Trinajstić information content (AvgIpc) is 2.93. The highest BCUT2D eigenvalue weighted by Gasteiger charge is 2.16. The molecule has 0 spiro atoms. The van der Waals surface area contributed by atoms with Gasteiger partial charge in [0.2, 0.25) is 0 Å². The first-order valence-corrected chi connectivity index (χ1v) is 6.86. The van der Waals surface area contributed by atoms with Gasteiger partial charge in [-0.3, -0.25) is 5.10 Å². The van der Waals surface area contributed by atoms with Gasteiger partial charge in [0.05, 0.1) is 5.69 Å². The molecule has 1 aliphatic heterocycles. The maximum atomic E-state index is 4.00. The molecule has 0 amide bonds. The van der Waals surface area contributed by atoms with Crippen molar-refractivity contribution in [3.63, 3.8) is 0 Å². The highest BCUT2D eigenvalue weighted by atomic mass is 15.1. The predicted molar refractivity (Wildman–Crippen MR) is 78.2 cm³/mol. The number of likely N-dealkylation sites (N-methyl/N-ethyl adjacent to an activating group) is 1. The summed E-state index contributed by atoms with van der Waals surface area (Å²) in [5, 5.41) is 10.6. The minimum atomic E-state index is 0.552. The number of anilines is 1. The number of aromatic amines is 1. The van der Waals surface area contributed by atoms with Crippen molar-refractivity contribution in [2.75, 3.05) is 25.5 Å². The number of likely N-dealkylation sites (tertiary alicyclic amines) is 1. The van der Waals surface area contributed by atoms with Crippen LogP contribution in [0, 0.1) is 0 Å². The van der Waals surface area contributed by atoms with Gasteiger partial charge >= 0.3 is 0 Å². The second-order valence-electron chi connectivity index (χ2n) is 5.30. The molecule has 4 nitrogen and oxygen atoms in total. The van der Waals surface area contributed by atoms with E-state index in [1.165, 1.54) is 30.6 Å². The first-order chi connectivity index (χ1) is 9.31. The fourth-order valence-electron chi connectivity index (χ4n) is 2.71. The van der Waals surface area contributed by atoms with Crippen molar-refractivity contribution >= 4 is 5.69 Å². The van der Waals surface area contributed by atoms with Crippen molar-refractivity contribution in [2.45, 2.75) is 18.9 Å². The largest absolute Gasteiger partial charge is 0.381 e. The zero-order chi connectivity index (χ0) is 13.1. The molecule has 0 bridgehead atoms. The van der Waals surface area contributed by atoms with Crippen molar-refractivity contribution in [2.24, 2.45) is 0 Å². The zero-order valence-corrected chi connectivity index (χ0v) is 11.3. The Kier molecular flexibility index (Phi) is 3.51. The first kappa shape index (κ1) is 12.2. The molecule has 4 heteroatoms. The summed E-state index contributed by atoms with van der Waals surface area (Å²) < 4.78 is 0. The molecular weight excluding hydrogens is 236 g/mol. The lowest BCUT2D eigenvalue weighted by Gasteiger charge is -2.31. The SMILES string of the molecule is CN1CCCC(Nc2cccc(-c3ccn[nH]3)c2)C1. The Hall–Kier alpha value is -1.81. The number of benzene rings is 1. The molecule has 0 radical (unpaired) electrons. The Morgan fingerprint density at radius 2 is 2.32 bits per heavy atom. The summed E-state index contributed by atoms with van der Waals surface area (Å²) in [6.45, 7) is 2.33. The summed E-state index contributed by atoms with van der Waals surface area (Å²) in [7, 11) is 2.19. The number of nitrogens with one attached hydrogen (secondary N) is 2. The smallest absolute Gasteiger partial charge is 0.0650 e. The van der Waals surface area contributed by atoms with E-state index in [1.54, 1.807) is 6.20 Å². The standard InChI is InChI=1S/C15H20N4/c1-19-9-3-6-14(11-19)17-13-5-2-4-12(10-13)15-7-8-16-18-15/h2,4-5,7-8,10,14,17H,3,6,9,11H2,1H3,(H,16,18). The van der Waals surface area contributed by atoms with Crippen molar-refractivity contribution in [1.29, 1.82) is 0 Å². The van der Waals surface area contributed by atoms with Crippen LogP contribution in [0.2, 0.25) is 0 Å². The molecular formula is C15H20N4. The quantitative estimate of drug-likeness (QED) is 0.887. The van der Waals surface area contributed by atoms with Crippen LogP contribution in [0.5, 0.6) is 0 Å². The van der Waals surface area contributed by atoms with Crippen molar-refractivity contribution in [3.8, 4) is 11.3 Å². The number of H-pyrrole nitrogens is 1. The maximum Gasteiger partial charge on any atom is 0.0650 e. The van der Waals surface area contributed by atoms with Crippen LogP contribution in [0.25, 0.3) is 11.3 Å². The van der Waals surface area contributed by atoms with Crippen LogP contribution >= 0.6 is 0 Å². The summed E-state index contributed by atoms with van der Waals surface area (Å²) in [4.78, 5) is 2.39. The molecule has 1 atom stereocenters. The lowest BCUT2D eigenvalue weighted by atomic mass is 10.1. The molecule has 0 saturated carbocycles. The van der Waals surface area contributed by atoms with E-state index in [9.17, 15) is 0 Å². The molecule has 100 valence electrons. The second kappa shape index (κ2) is 5.45. The summed E-state index contributed by atoms with van der Waals surface area (Å²) in [6.07, 6.45) is 4.30. The molecule has 1 saturated heterocycles. The molecule has 1 aromatic carbocycles. The lowest BCUT2D eigenvalue weighted by Crippen LogP contribution is -2.39. The van der Waals surface area contributed by atoms with Gasteiger partial charge in [-0.05, 0) is 44.6 Å². The third kappa shape index (κ3) is 2.96. The van der Waals surface area contributed by atoms with Crippen LogP contribution < -0.4 is 5.32 Å². The highest BCUT2D eigenvalue weighted by molar-refractivity contribution is 5.64. The van der Waals surface area contributed by atoms with E-state index in [4.69, 9.17) is 0 Å². The van der Waals surface area contributed by atoms with Crippen LogP contribution in [-0.2, 0) is 0 Å². The molecule has 2 aromatic rings. The van der Waals surface area contributed by atoms with E-state index in [0.29, 0.717) is 6.04 Å². The minimum Gasteiger partial charge on any atom is -0.381 e. The van der Waals surface area contributed by atoms with Gasteiger partial charge in [-0.15, -0.1) is 0 Å². The van der Waals surface area contributed by atoms with Crippen LogP contribution in [0.3, 0.4) is 0 Å². The molecule has 3 rings (SSSR count). The topological polar surface area (TPSA) is 44.0 Å². The normalized spacial score (nSPS) is 20.4. The number of piperidine rings is 1. The van der Waals surface area contributed by atoms with Gasteiger partial charge < -0.3 is 10.2 Å². The number of aromatic nitrogens is 2. The molecule has 1 aliphatic rings. The summed E-state index contributed by atoms with van der Waals surface area (Å²) in [6, 6.07) is 11.1. The van der Waals surface area contributed by atoms with E-state index in [2.05, 4.69) is 51.7 Å². The summed E-state index contributed by atoms with van der Waals surface area (Å²) >= 11 is 0. The number of rotatable bonds is 3. The van der Waals surface area contributed by atoms with Gasteiger partial charge in [0.25, 0.3) is 0 Å². The molecule has 2 heterocycles. The Bertz CT molecular complexity index is 521. The molecule has 0 aliphatic carbocycles. The fraction of sp³-hybridized carbons (Fsp3) is 0.400. The Morgan fingerprint density at radius 3 is 3.11 bits per heavy atom. The van der Waals surface area contributed by atoms with Crippen LogP contribution in [0.15, 0.2) is 36.5 Å². The first-order valence-electron chi connectivity index (χ1n) is 6.86. The fourth-order valence-corrected chi connectivity index (χ4v) is 2.71. The molecule has 19 heavy (non-hydrogen) atoms. The summed E-state index contributed by atoms with van der Waals surface area (Å²) in [5.41, 5.74) is 3.42.